The normalized spacial score (nSPS) is 39.4. The van der Waals surface area contributed by atoms with Gasteiger partial charge in [-0.1, -0.05) is 30.7 Å². The number of hydrogen-bond donors (Lipinski definition) is 0. The fourth-order valence-electron chi connectivity index (χ4n) is 4.82. The van der Waals surface area contributed by atoms with Gasteiger partial charge in [0, 0.05) is 23.0 Å². The highest BCUT2D eigenvalue weighted by Crippen LogP contribution is 2.59. The van der Waals surface area contributed by atoms with Gasteiger partial charge in [0.25, 0.3) is 0 Å². The minimum atomic E-state index is -0.103. The summed E-state index contributed by atoms with van der Waals surface area (Å²) in [7, 11) is 0. The monoisotopic (exact) mass is 274 g/mol. The third-order valence-electron chi connectivity index (χ3n) is 5.62. The standard InChI is InChI=1S/C16H15ClO2/c1-7-8-5-6-9(7)14-13(8)15(18)10-3-2-4-11(17)12(10)16(14)19/h2-4,7-9,13-14H,5-6H2,1H3. The molecule has 3 heteroatoms. The van der Waals surface area contributed by atoms with Crippen molar-refractivity contribution in [2.24, 2.45) is 29.6 Å². The summed E-state index contributed by atoms with van der Waals surface area (Å²) in [6, 6.07) is 5.24. The first kappa shape index (κ1) is 11.7. The van der Waals surface area contributed by atoms with Crippen molar-refractivity contribution in [1.82, 2.24) is 0 Å². The van der Waals surface area contributed by atoms with E-state index in [9.17, 15) is 9.59 Å². The Balaban J connectivity index is 1.93. The zero-order chi connectivity index (χ0) is 13.3. The van der Waals surface area contributed by atoms with Crippen LogP contribution >= 0.6 is 11.6 Å². The predicted molar refractivity (Wildman–Crippen MR) is 72.5 cm³/mol. The molecule has 0 amide bonds. The van der Waals surface area contributed by atoms with Gasteiger partial charge in [-0.3, -0.25) is 9.59 Å². The van der Waals surface area contributed by atoms with Crippen LogP contribution in [-0.2, 0) is 0 Å². The maximum atomic E-state index is 12.8. The van der Waals surface area contributed by atoms with E-state index in [0.717, 1.165) is 12.8 Å². The molecule has 5 unspecified atom stereocenters. The van der Waals surface area contributed by atoms with E-state index in [1.165, 1.54) is 0 Å². The highest BCUT2D eigenvalue weighted by molar-refractivity contribution is 6.36. The highest BCUT2D eigenvalue weighted by atomic mass is 35.5. The minimum absolute atomic E-state index is 0.0767. The molecule has 0 radical (unpaired) electrons. The smallest absolute Gasteiger partial charge is 0.169 e. The minimum Gasteiger partial charge on any atom is -0.294 e. The molecular formula is C16H15ClO2. The molecule has 1 aromatic carbocycles. The third kappa shape index (κ3) is 1.28. The van der Waals surface area contributed by atoms with Gasteiger partial charge >= 0.3 is 0 Å². The molecule has 3 aliphatic carbocycles. The molecule has 0 aromatic heterocycles. The van der Waals surface area contributed by atoms with Crippen LogP contribution in [0.1, 0.15) is 40.5 Å². The summed E-state index contributed by atoms with van der Waals surface area (Å²) in [5.41, 5.74) is 1.04. The van der Waals surface area contributed by atoms with Crippen LogP contribution in [0.5, 0.6) is 0 Å². The van der Waals surface area contributed by atoms with Crippen LogP contribution in [-0.4, -0.2) is 11.6 Å². The van der Waals surface area contributed by atoms with Gasteiger partial charge in [-0.2, -0.15) is 0 Å². The van der Waals surface area contributed by atoms with Gasteiger partial charge in [0.05, 0.1) is 5.02 Å². The molecule has 2 saturated carbocycles. The first-order chi connectivity index (χ1) is 9.11. The van der Waals surface area contributed by atoms with Gasteiger partial charge < -0.3 is 0 Å². The summed E-state index contributed by atoms with van der Waals surface area (Å²) in [6.45, 7) is 2.20. The number of halogens is 1. The molecule has 0 saturated heterocycles. The van der Waals surface area contributed by atoms with Crippen LogP contribution < -0.4 is 0 Å². The number of benzene rings is 1. The first-order valence-corrected chi connectivity index (χ1v) is 7.36. The van der Waals surface area contributed by atoms with E-state index < -0.39 is 0 Å². The molecule has 1 aromatic rings. The lowest BCUT2D eigenvalue weighted by Gasteiger charge is -2.33. The Morgan fingerprint density at radius 1 is 1.05 bits per heavy atom. The van der Waals surface area contributed by atoms with Gasteiger partial charge in [-0.05, 0) is 36.7 Å². The summed E-state index contributed by atoms with van der Waals surface area (Å²) in [6.07, 6.45) is 2.19. The second-order valence-electron chi connectivity index (χ2n) is 6.21. The maximum absolute atomic E-state index is 12.8. The molecule has 0 heterocycles. The van der Waals surface area contributed by atoms with E-state index in [0.29, 0.717) is 33.9 Å². The molecule has 5 atom stereocenters. The van der Waals surface area contributed by atoms with Gasteiger partial charge in [-0.15, -0.1) is 0 Å². The first-order valence-electron chi connectivity index (χ1n) is 6.98. The van der Waals surface area contributed by atoms with Crippen LogP contribution in [0.4, 0.5) is 0 Å². The molecule has 0 spiro atoms. The molecule has 0 aliphatic heterocycles. The number of carbonyl (C=O) groups is 2. The van der Waals surface area contributed by atoms with E-state index in [1.807, 2.05) is 0 Å². The highest BCUT2D eigenvalue weighted by Gasteiger charge is 2.60. The van der Waals surface area contributed by atoms with Crippen LogP contribution in [0, 0.1) is 29.6 Å². The lowest BCUT2D eigenvalue weighted by Crippen LogP contribution is -2.40. The van der Waals surface area contributed by atoms with Crippen LogP contribution in [0.2, 0.25) is 5.02 Å². The third-order valence-corrected chi connectivity index (χ3v) is 5.94. The molecule has 19 heavy (non-hydrogen) atoms. The van der Waals surface area contributed by atoms with E-state index >= 15 is 0 Å². The number of carbonyl (C=O) groups excluding carboxylic acids is 2. The Morgan fingerprint density at radius 2 is 1.68 bits per heavy atom. The van der Waals surface area contributed by atoms with E-state index in [2.05, 4.69) is 6.92 Å². The van der Waals surface area contributed by atoms with E-state index in [4.69, 9.17) is 11.6 Å². The van der Waals surface area contributed by atoms with Crippen molar-refractivity contribution in [3.05, 3.63) is 34.3 Å². The van der Waals surface area contributed by atoms with Crippen molar-refractivity contribution in [1.29, 1.82) is 0 Å². The molecule has 3 aliphatic rings. The second-order valence-corrected chi connectivity index (χ2v) is 6.61. The number of fused-ring (bicyclic) bond motifs is 6. The summed E-state index contributed by atoms with van der Waals surface area (Å²) in [5, 5.41) is 0.435. The summed E-state index contributed by atoms with van der Waals surface area (Å²) in [4.78, 5) is 25.5. The Bertz CT molecular complexity index is 607. The SMILES string of the molecule is CC1C2CCC1C1C(=O)c3c(Cl)cccc3C(=O)C21. The van der Waals surface area contributed by atoms with Crippen molar-refractivity contribution in [2.75, 3.05) is 0 Å². The average Bonchev–Trinajstić information content (AvgIpc) is 2.89. The molecular weight excluding hydrogens is 260 g/mol. The Morgan fingerprint density at radius 3 is 2.37 bits per heavy atom. The summed E-state index contributed by atoms with van der Waals surface area (Å²) in [5.74, 6) is 1.37. The van der Waals surface area contributed by atoms with Crippen LogP contribution in [0.25, 0.3) is 0 Å². The Labute approximate surface area is 117 Å². The number of rotatable bonds is 0. The molecule has 4 rings (SSSR count). The Hall–Kier alpha value is -1.15. The molecule has 98 valence electrons. The van der Waals surface area contributed by atoms with Crippen LogP contribution in [0.15, 0.2) is 18.2 Å². The van der Waals surface area contributed by atoms with Gasteiger partial charge in [0.2, 0.25) is 0 Å². The Kier molecular flexibility index (Phi) is 2.27. The van der Waals surface area contributed by atoms with E-state index in [1.54, 1.807) is 18.2 Å². The summed E-state index contributed by atoms with van der Waals surface area (Å²) >= 11 is 6.16. The van der Waals surface area contributed by atoms with Crippen molar-refractivity contribution in [2.45, 2.75) is 19.8 Å². The number of ketones is 2. The zero-order valence-corrected chi connectivity index (χ0v) is 11.5. The van der Waals surface area contributed by atoms with Gasteiger partial charge in [0.1, 0.15) is 0 Å². The largest absolute Gasteiger partial charge is 0.294 e. The lowest BCUT2D eigenvalue weighted by molar-refractivity contribution is 0.0661. The predicted octanol–water partition coefficient (Wildman–Crippen LogP) is 3.63. The quantitative estimate of drug-likeness (QED) is 0.724. The molecule has 0 N–H and O–H groups in total. The van der Waals surface area contributed by atoms with Crippen molar-refractivity contribution in [3.8, 4) is 0 Å². The fraction of sp³-hybridized carbons (Fsp3) is 0.500. The molecule has 2 fully saturated rings. The zero-order valence-electron chi connectivity index (χ0n) is 10.7. The van der Waals surface area contributed by atoms with E-state index in [-0.39, 0.29) is 23.4 Å². The van der Waals surface area contributed by atoms with Crippen molar-refractivity contribution >= 4 is 23.2 Å². The van der Waals surface area contributed by atoms with Crippen molar-refractivity contribution in [3.63, 3.8) is 0 Å². The number of hydrogen-bond acceptors (Lipinski definition) is 2. The molecule has 2 nitrogen and oxygen atoms in total. The van der Waals surface area contributed by atoms with Gasteiger partial charge in [0.15, 0.2) is 11.6 Å². The van der Waals surface area contributed by atoms with Crippen LogP contribution in [0.3, 0.4) is 0 Å². The second kappa shape index (κ2) is 3.69. The topological polar surface area (TPSA) is 34.1 Å². The lowest BCUT2D eigenvalue weighted by atomic mass is 9.67. The van der Waals surface area contributed by atoms with Crippen molar-refractivity contribution < 1.29 is 9.59 Å². The average molecular weight is 275 g/mol. The maximum Gasteiger partial charge on any atom is 0.169 e. The van der Waals surface area contributed by atoms with Gasteiger partial charge in [-0.25, -0.2) is 0 Å². The molecule has 2 bridgehead atoms. The fourth-order valence-corrected chi connectivity index (χ4v) is 5.08. The number of Topliss-reactive ketones (excluding diaryl/α,β-unsaturated/α-hetero) is 2. The summed E-state index contributed by atoms with van der Waals surface area (Å²) < 4.78 is 0.